The maximum absolute atomic E-state index is 12.9. The molecule has 29 heavy (non-hydrogen) atoms. The summed E-state index contributed by atoms with van der Waals surface area (Å²) in [6, 6.07) is 25.8. The fourth-order valence-electron chi connectivity index (χ4n) is 2.92. The number of para-hydroxylation sites is 1. The zero-order valence-corrected chi connectivity index (χ0v) is 16.7. The molecule has 1 aromatic heterocycles. The van der Waals surface area contributed by atoms with Crippen molar-refractivity contribution in [3.63, 3.8) is 0 Å². The van der Waals surface area contributed by atoms with Crippen LogP contribution in [-0.2, 0) is 16.4 Å². The van der Waals surface area contributed by atoms with Crippen LogP contribution in [0.25, 0.3) is 5.69 Å². The quantitative estimate of drug-likeness (QED) is 0.528. The molecule has 146 valence electrons. The van der Waals surface area contributed by atoms with Gasteiger partial charge in [0.1, 0.15) is 0 Å². The lowest BCUT2D eigenvalue weighted by molar-refractivity contribution is 0.600. The van der Waals surface area contributed by atoms with Gasteiger partial charge < -0.3 is 0 Å². The Morgan fingerprint density at radius 1 is 0.862 bits per heavy atom. The van der Waals surface area contributed by atoms with Gasteiger partial charge in [0.15, 0.2) is 5.82 Å². The minimum Gasteiger partial charge on any atom is -0.247 e. The van der Waals surface area contributed by atoms with Crippen LogP contribution in [0.3, 0.4) is 0 Å². The minimum absolute atomic E-state index is 0.155. The highest BCUT2D eigenvalue weighted by Crippen LogP contribution is 2.20. The first-order valence-corrected chi connectivity index (χ1v) is 10.6. The Morgan fingerprint density at radius 2 is 1.48 bits per heavy atom. The van der Waals surface area contributed by atoms with Crippen LogP contribution in [0.15, 0.2) is 89.8 Å². The number of benzene rings is 3. The normalized spacial score (nSPS) is 11.3. The highest BCUT2D eigenvalue weighted by Gasteiger charge is 2.20. The smallest absolute Gasteiger partial charge is 0.247 e. The Balaban J connectivity index is 1.72. The highest BCUT2D eigenvalue weighted by molar-refractivity contribution is 7.92. The van der Waals surface area contributed by atoms with E-state index in [0.717, 1.165) is 16.8 Å². The summed E-state index contributed by atoms with van der Waals surface area (Å²) in [6.07, 6.45) is 0.500. The fraction of sp³-hybridized carbons (Fsp3) is 0.0909. The molecule has 1 heterocycles. The van der Waals surface area contributed by atoms with E-state index in [9.17, 15) is 8.42 Å². The van der Waals surface area contributed by atoms with Crippen molar-refractivity contribution in [3.8, 4) is 5.69 Å². The number of sulfonamides is 1. The minimum atomic E-state index is -3.79. The molecular formula is C22H20N4O2S. The average Bonchev–Trinajstić information content (AvgIpc) is 3.11. The molecule has 0 amide bonds. The number of hydrogen-bond acceptors (Lipinski definition) is 4. The predicted octanol–water partition coefficient (Wildman–Crippen LogP) is 3.97. The third-order valence-electron chi connectivity index (χ3n) is 4.41. The Labute approximate surface area is 169 Å². The fourth-order valence-corrected chi connectivity index (χ4v) is 3.90. The number of aryl methyl sites for hydroxylation is 1. The molecule has 0 radical (unpaired) electrons. The number of nitrogens with one attached hydrogen (secondary N) is 1. The van der Waals surface area contributed by atoms with Gasteiger partial charge in [-0.05, 0) is 36.8 Å². The SMILES string of the molecule is Cc1ccc(S(=O)(=O)Nc2nc(Cc3ccccc3)nn2-c2ccccc2)cc1. The summed E-state index contributed by atoms with van der Waals surface area (Å²) in [5, 5.41) is 4.55. The molecule has 7 heteroatoms. The molecule has 0 unspecified atom stereocenters. The third-order valence-corrected chi connectivity index (χ3v) is 5.76. The van der Waals surface area contributed by atoms with E-state index >= 15 is 0 Å². The van der Waals surface area contributed by atoms with E-state index in [-0.39, 0.29) is 10.8 Å². The Kier molecular flexibility index (Phi) is 5.14. The predicted molar refractivity (Wildman–Crippen MR) is 113 cm³/mol. The van der Waals surface area contributed by atoms with Crippen LogP contribution in [0, 0.1) is 6.92 Å². The average molecular weight is 404 g/mol. The molecular weight excluding hydrogens is 384 g/mol. The van der Waals surface area contributed by atoms with Crippen molar-refractivity contribution in [1.29, 1.82) is 0 Å². The van der Waals surface area contributed by atoms with E-state index in [2.05, 4.69) is 14.8 Å². The third kappa shape index (κ3) is 4.35. The van der Waals surface area contributed by atoms with Gasteiger partial charge in [0.2, 0.25) is 5.95 Å². The lowest BCUT2D eigenvalue weighted by Gasteiger charge is -2.09. The van der Waals surface area contributed by atoms with Crippen LogP contribution < -0.4 is 4.72 Å². The molecule has 0 saturated carbocycles. The summed E-state index contributed by atoms with van der Waals surface area (Å²) < 4.78 is 29.9. The molecule has 6 nitrogen and oxygen atoms in total. The molecule has 0 saturated heterocycles. The first-order chi connectivity index (χ1) is 14.0. The second-order valence-corrected chi connectivity index (χ2v) is 8.36. The highest BCUT2D eigenvalue weighted by atomic mass is 32.2. The zero-order valence-electron chi connectivity index (χ0n) is 15.9. The van der Waals surface area contributed by atoms with Crippen molar-refractivity contribution in [2.45, 2.75) is 18.2 Å². The van der Waals surface area contributed by atoms with Gasteiger partial charge in [0.25, 0.3) is 10.0 Å². The lowest BCUT2D eigenvalue weighted by Crippen LogP contribution is -2.16. The molecule has 0 aliphatic carbocycles. The van der Waals surface area contributed by atoms with Crippen LogP contribution in [0.5, 0.6) is 0 Å². The van der Waals surface area contributed by atoms with Gasteiger partial charge in [-0.25, -0.2) is 13.1 Å². The van der Waals surface area contributed by atoms with Crippen LogP contribution in [-0.4, -0.2) is 23.2 Å². The summed E-state index contributed by atoms with van der Waals surface area (Å²) in [5.41, 5.74) is 2.76. The molecule has 0 aliphatic rings. The molecule has 0 bridgehead atoms. The van der Waals surface area contributed by atoms with E-state index in [1.54, 1.807) is 24.3 Å². The molecule has 0 aliphatic heterocycles. The van der Waals surface area contributed by atoms with Gasteiger partial charge in [0, 0.05) is 6.42 Å². The van der Waals surface area contributed by atoms with Gasteiger partial charge in [0.05, 0.1) is 10.6 Å². The first-order valence-electron chi connectivity index (χ1n) is 9.16. The number of aromatic nitrogens is 3. The Bertz CT molecular complexity index is 1200. The van der Waals surface area contributed by atoms with Crippen LogP contribution in [0.4, 0.5) is 5.95 Å². The molecule has 1 N–H and O–H groups in total. The van der Waals surface area contributed by atoms with Gasteiger partial charge in [-0.1, -0.05) is 66.2 Å². The van der Waals surface area contributed by atoms with Crippen molar-refractivity contribution in [3.05, 3.63) is 102 Å². The van der Waals surface area contributed by atoms with Crippen LogP contribution in [0.1, 0.15) is 17.0 Å². The van der Waals surface area contributed by atoms with Crippen LogP contribution in [0.2, 0.25) is 0 Å². The summed E-state index contributed by atoms with van der Waals surface area (Å²) >= 11 is 0. The van der Waals surface area contributed by atoms with Crippen LogP contribution >= 0.6 is 0 Å². The summed E-state index contributed by atoms with van der Waals surface area (Å²) in [4.78, 5) is 4.65. The van der Waals surface area contributed by atoms with Crippen molar-refractivity contribution in [1.82, 2.24) is 14.8 Å². The van der Waals surface area contributed by atoms with Crippen molar-refractivity contribution < 1.29 is 8.42 Å². The number of anilines is 1. The first kappa shape index (κ1) is 18.9. The number of nitrogens with zero attached hydrogens (tertiary/aromatic N) is 3. The molecule has 3 aromatic carbocycles. The lowest BCUT2D eigenvalue weighted by atomic mass is 10.1. The van der Waals surface area contributed by atoms with Gasteiger partial charge in [-0.15, -0.1) is 5.10 Å². The van der Waals surface area contributed by atoms with E-state index < -0.39 is 10.0 Å². The molecule has 4 rings (SSSR count). The van der Waals surface area contributed by atoms with E-state index in [1.165, 1.54) is 4.68 Å². The molecule has 0 spiro atoms. The monoisotopic (exact) mass is 404 g/mol. The second-order valence-electron chi connectivity index (χ2n) is 6.68. The van der Waals surface area contributed by atoms with E-state index in [0.29, 0.717) is 12.2 Å². The van der Waals surface area contributed by atoms with Crippen molar-refractivity contribution >= 4 is 16.0 Å². The standard InChI is InChI=1S/C22H20N4O2S/c1-17-12-14-20(15-13-17)29(27,28)25-22-23-21(16-18-8-4-2-5-9-18)24-26(22)19-10-6-3-7-11-19/h2-15H,16H2,1H3,(H,23,24,25). The van der Waals surface area contributed by atoms with Gasteiger partial charge >= 0.3 is 0 Å². The largest absolute Gasteiger partial charge is 0.264 e. The molecule has 4 aromatic rings. The second kappa shape index (κ2) is 7.89. The molecule has 0 atom stereocenters. The summed E-state index contributed by atoms with van der Waals surface area (Å²) in [7, 11) is -3.79. The Morgan fingerprint density at radius 3 is 2.14 bits per heavy atom. The van der Waals surface area contributed by atoms with Crippen molar-refractivity contribution in [2.75, 3.05) is 4.72 Å². The Hall–Kier alpha value is -3.45. The summed E-state index contributed by atoms with van der Waals surface area (Å²) in [5.74, 6) is 0.685. The summed E-state index contributed by atoms with van der Waals surface area (Å²) in [6.45, 7) is 1.91. The molecule has 0 fully saturated rings. The number of hydrogen-bond donors (Lipinski definition) is 1. The topological polar surface area (TPSA) is 76.9 Å². The van der Waals surface area contributed by atoms with E-state index in [4.69, 9.17) is 0 Å². The van der Waals surface area contributed by atoms with E-state index in [1.807, 2.05) is 67.6 Å². The zero-order chi connectivity index (χ0) is 20.3. The van der Waals surface area contributed by atoms with Gasteiger partial charge in [-0.2, -0.15) is 9.67 Å². The maximum atomic E-state index is 12.9. The van der Waals surface area contributed by atoms with Gasteiger partial charge in [-0.3, -0.25) is 0 Å². The number of rotatable bonds is 6. The maximum Gasteiger partial charge on any atom is 0.264 e. The van der Waals surface area contributed by atoms with Crippen molar-refractivity contribution in [2.24, 2.45) is 0 Å².